The molecule has 0 bridgehead atoms. The fraction of sp³-hybridized carbons (Fsp3) is 0.0800. The van der Waals surface area contributed by atoms with E-state index in [4.69, 9.17) is 0 Å². The van der Waals surface area contributed by atoms with Gasteiger partial charge in [0, 0.05) is 21.4 Å². The molecule has 3 N–H and O–H groups in total. The molecule has 0 amide bonds. The van der Waals surface area contributed by atoms with Gasteiger partial charge in [0.2, 0.25) is 11.9 Å². The molecule has 2 heterocycles. The Hall–Kier alpha value is -4.31. The third kappa shape index (κ3) is 4.97. The van der Waals surface area contributed by atoms with Crippen LogP contribution in [0.25, 0.3) is 16.7 Å². The molecule has 0 spiro atoms. The second kappa shape index (κ2) is 9.51. The summed E-state index contributed by atoms with van der Waals surface area (Å²) in [6, 6.07) is 20.9. The summed E-state index contributed by atoms with van der Waals surface area (Å²) < 4.78 is 2.62. The lowest BCUT2D eigenvalue weighted by molar-refractivity contribution is 0.475. The minimum Gasteiger partial charge on any atom is -0.507 e. The smallest absolute Gasteiger partial charge is 0.257 e. The lowest BCUT2D eigenvalue weighted by Gasteiger charge is -2.10. The topological polar surface area (TPSA) is 113 Å². The number of aromatic nitrogens is 5. The third-order valence-electron chi connectivity index (χ3n) is 5.23. The van der Waals surface area contributed by atoms with Crippen LogP contribution in [0.1, 0.15) is 17.0 Å². The number of benzene rings is 3. The highest BCUT2D eigenvalue weighted by Crippen LogP contribution is 2.25. The number of rotatable bonds is 6. The van der Waals surface area contributed by atoms with Gasteiger partial charge in [-0.25, -0.2) is 10.1 Å². The second-order valence-electron chi connectivity index (χ2n) is 7.84. The molecule has 5 rings (SSSR count). The number of hydrogen-bond acceptors (Lipinski definition) is 8. The fourth-order valence-electron chi connectivity index (χ4n) is 3.63. The Morgan fingerprint density at radius 2 is 1.71 bits per heavy atom. The maximum absolute atomic E-state index is 10.4. The number of phenols is 1. The number of aryl methyl sites for hydroxylation is 2. The molecule has 0 atom stereocenters. The number of anilines is 3. The van der Waals surface area contributed by atoms with E-state index in [-0.39, 0.29) is 11.7 Å². The van der Waals surface area contributed by atoms with E-state index in [2.05, 4.69) is 51.8 Å². The first-order valence-electron chi connectivity index (χ1n) is 10.8. The zero-order chi connectivity index (χ0) is 24.4. The zero-order valence-electron chi connectivity index (χ0n) is 18.9. The molecular weight excluding hydrogens is 508 g/mol. The SMILES string of the molecule is Cc1cc(C)n(-c2nc(NN=Cc3c(O)ccc4ccccc34)nc(Nc3ccc(Br)cc3)n2)n1. The van der Waals surface area contributed by atoms with E-state index in [1.54, 1.807) is 17.0 Å². The number of aromatic hydroxyl groups is 1. The lowest BCUT2D eigenvalue weighted by Crippen LogP contribution is -2.11. The molecule has 0 aliphatic heterocycles. The van der Waals surface area contributed by atoms with E-state index >= 15 is 0 Å². The Morgan fingerprint density at radius 1 is 0.943 bits per heavy atom. The van der Waals surface area contributed by atoms with E-state index in [0.29, 0.717) is 17.5 Å². The first-order chi connectivity index (χ1) is 17.0. The van der Waals surface area contributed by atoms with Gasteiger partial charge >= 0.3 is 0 Å². The van der Waals surface area contributed by atoms with E-state index in [9.17, 15) is 5.11 Å². The van der Waals surface area contributed by atoms with Crippen molar-refractivity contribution < 1.29 is 5.11 Å². The number of nitrogens with one attached hydrogen (secondary N) is 2. The van der Waals surface area contributed by atoms with Crippen molar-refractivity contribution in [1.82, 2.24) is 24.7 Å². The van der Waals surface area contributed by atoms with Crippen LogP contribution in [0.15, 0.2) is 76.3 Å². The summed E-state index contributed by atoms with van der Waals surface area (Å²) >= 11 is 3.44. The van der Waals surface area contributed by atoms with Crippen LogP contribution >= 0.6 is 15.9 Å². The fourth-order valence-corrected chi connectivity index (χ4v) is 3.90. The Kier molecular flexibility index (Phi) is 6.11. The molecule has 2 aromatic heterocycles. The Morgan fingerprint density at radius 3 is 2.49 bits per heavy atom. The monoisotopic (exact) mass is 528 g/mol. The van der Waals surface area contributed by atoms with E-state index in [0.717, 1.165) is 32.3 Å². The van der Waals surface area contributed by atoms with Gasteiger partial charge in [-0.05, 0) is 61.0 Å². The molecule has 0 saturated carbocycles. The zero-order valence-corrected chi connectivity index (χ0v) is 20.5. The van der Waals surface area contributed by atoms with Crippen molar-refractivity contribution in [2.75, 3.05) is 10.7 Å². The molecule has 35 heavy (non-hydrogen) atoms. The molecular formula is C25H21BrN8O. The van der Waals surface area contributed by atoms with Gasteiger partial charge in [0.05, 0.1) is 11.9 Å². The molecule has 0 fully saturated rings. The molecule has 10 heteroatoms. The maximum Gasteiger partial charge on any atom is 0.257 e. The minimum atomic E-state index is 0.130. The highest BCUT2D eigenvalue weighted by molar-refractivity contribution is 9.10. The van der Waals surface area contributed by atoms with Crippen LogP contribution in [0.4, 0.5) is 17.6 Å². The van der Waals surface area contributed by atoms with Gasteiger partial charge in [-0.2, -0.15) is 25.2 Å². The highest BCUT2D eigenvalue weighted by Gasteiger charge is 2.12. The van der Waals surface area contributed by atoms with Crippen molar-refractivity contribution in [1.29, 1.82) is 0 Å². The highest BCUT2D eigenvalue weighted by atomic mass is 79.9. The summed E-state index contributed by atoms with van der Waals surface area (Å²) in [7, 11) is 0. The molecule has 174 valence electrons. The van der Waals surface area contributed by atoms with Crippen LogP contribution in [0.2, 0.25) is 0 Å². The van der Waals surface area contributed by atoms with Crippen LogP contribution in [0.5, 0.6) is 5.75 Å². The first kappa shape index (κ1) is 22.5. The van der Waals surface area contributed by atoms with Crippen molar-refractivity contribution in [2.45, 2.75) is 13.8 Å². The number of nitrogens with zero attached hydrogens (tertiary/aromatic N) is 6. The molecule has 5 aromatic rings. The van der Waals surface area contributed by atoms with Crippen LogP contribution in [-0.4, -0.2) is 36.1 Å². The molecule has 9 nitrogen and oxygen atoms in total. The van der Waals surface area contributed by atoms with Gasteiger partial charge in [-0.1, -0.05) is 46.3 Å². The van der Waals surface area contributed by atoms with Gasteiger partial charge in [-0.15, -0.1) is 0 Å². The van der Waals surface area contributed by atoms with Crippen molar-refractivity contribution in [3.8, 4) is 11.7 Å². The number of fused-ring (bicyclic) bond motifs is 1. The summed E-state index contributed by atoms with van der Waals surface area (Å²) in [6.07, 6.45) is 1.55. The summed E-state index contributed by atoms with van der Waals surface area (Å²) in [5.41, 5.74) is 6.01. The largest absolute Gasteiger partial charge is 0.507 e. The van der Waals surface area contributed by atoms with Crippen molar-refractivity contribution >= 4 is 50.5 Å². The predicted molar refractivity (Wildman–Crippen MR) is 141 cm³/mol. The molecule has 0 aliphatic rings. The van der Waals surface area contributed by atoms with Gasteiger partial charge < -0.3 is 10.4 Å². The van der Waals surface area contributed by atoms with Gasteiger partial charge in [0.25, 0.3) is 5.95 Å². The number of hydrazone groups is 1. The average Bonchev–Trinajstić information content (AvgIpc) is 3.19. The first-order valence-corrected chi connectivity index (χ1v) is 11.6. The van der Waals surface area contributed by atoms with E-state index in [1.807, 2.05) is 74.5 Å². The quantitative estimate of drug-likeness (QED) is 0.197. The molecule has 0 radical (unpaired) electrons. The molecule has 0 saturated heterocycles. The van der Waals surface area contributed by atoms with Crippen LogP contribution in [0.3, 0.4) is 0 Å². The van der Waals surface area contributed by atoms with Gasteiger partial charge in [0.15, 0.2) is 0 Å². The van der Waals surface area contributed by atoms with E-state index in [1.165, 1.54) is 0 Å². The third-order valence-corrected chi connectivity index (χ3v) is 5.76. The van der Waals surface area contributed by atoms with Crippen molar-refractivity contribution in [2.24, 2.45) is 5.10 Å². The molecule has 0 aliphatic carbocycles. The number of phenolic OH excluding ortho intramolecular Hbond substituents is 1. The number of halogens is 1. The van der Waals surface area contributed by atoms with Crippen molar-refractivity contribution in [3.05, 3.63) is 88.2 Å². The second-order valence-corrected chi connectivity index (χ2v) is 8.76. The van der Waals surface area contributed by atoms with E-state index < -0.39 is 0 Å². The molecule has 3 aromatic carbocycles. The lowest BCUT2D eigenvalue weighted by atomic mass is 10.0. The minimum absolute atomic E-state index is 0.130. The Bertz CT molecular complexity index is 1550. The van der Waals surface area contributed by atoms with Gasteiger partial charge in [-0.3, -0.25) is 0 Å². The maximum atomic E-state index is 10.4. The Balaban J connectivity index is 1.49. The number of hydrogen-bond donors (Lipinski definition) is 3. The van der Waals surface area contributed by atoms with Crippen molar-refractivity contribution in [3.63, 3.8) is 0 Å². The predicted octanol–water partition coefficient (Wildman–Crippen LogP) is 5.49. The van der Waals surface area contributed by atoms with Crippen LogP contribution in [0, 0.1) is 13.8 Å². The summed E-state index contributed by atoms with van der Waals surface area (Å²) in [5, 5.41) is 24.2. The average molecular weight is 529 g/mol. The molecule has 0 unspecified atom stereocenters. The summed E-state index contributed by atoms with van der Waals surface area (Å²) in [4.78, 5) is 13.5. The summed E-state index contributed by atoms with van der Waals surface area (Å²) in [6.45, 7) is 3.84. The standard InChI is InChI=1S/C25H21BrN8O/c1-15-13-16(2)34(33-15)25-30-23(28-19-10-8-18(26)9-11-19)29-24(31-25)32-27-14-21-20-6-4-3-5-17(20)7-12-22(21)35/h3-14,35H,1-2H3,(H2,28,29,30,31,32). The normalized spacial score (nSPS) is 11.3. The Labute approximate surface area is 209 Å². The van der Waals surface area contributed by atoms with Crippen LogP contribution in [-0.2, 0) is 0 Å². The summed E-state index contributed by atoms with van der Waals surface area (Å²) in [5.74, 6) is 1.02. The van der Waals surface area contributed by atoms with Gasteiger partial charge in [0.1, 0.15) is 5.75 Å². The van der Waals surface area contributed by atoms with Crippen LogP contribution < -0.4 is 10.7 Å².